The summed E-state index contributed by atoms with van der Waals surface area (Å²) >= 11 is 1.46. The average Bonchev–Trinajstić information content (AvgIpc) is 3.01. The zero-order valence-electron chi connectivity index (χ0n) is 12.6. The van der Waals surface area contributed by atoms with E-state index in [1.165, 1.54) is 23.7 Å². The van der Waals surface area contributed by atoms with Gasteiger partial charge in [0.15, 0.2) is 0 Å². The maximum atomic E-state index is 12.5. The molecule has 0 aliphatic carbocycles. The molecule has 3 heterocycles. The minimum absolute atomic E-state index is 0.0812. The van der Waals surface area contributed by atoms with E-state index in [9.17, 15) is 4.79 Å². The molecule has 118 valence electrons. The van der Waals surface area contributed by atoms with Crippen molar-refractivity contribution in [1.29, 1.82) is 5.26 Å². The molecule has 8 heteroatoms. The van der Waals surface area contributed by atoms with Crippen molar-refractivity contribution in [3.05, 3.63) is 34.2 Å². The van der Waals surface area contributed by atoms with Crippen molar-refractivity contribution in [3.8, 4) is 11.9 Å². The number of aryl methyl sites for hydroxylation is 1. The molecule has 1 aliphatic rings. The highest BCUT2D eigenvalue weighted by molar-refractivity contribution is 7.09. The Bertz CT molecular complexity index is 754. The maximum Gasteiger partial charge on any atom is 0.273 e. The van der Waals surface area contributed by atoms with E-state index in [1.54, 1.807) is 10.3 Å². The van der Waals surface area contributed by atoms with E-state index in [4.69, 9.17) is 10.00 Å². The Kier molecular flexibility index (Phi) is 4.48. The van der Waals surface area contributed by atoms with E-state index in [0.717, 1.165) is 17.8 Å². The van der Waals surface area contributed by atoms with E-state index in [2.05, 4.69) is 15.0 Å². The molecule has 0 saturated carbocycles. The number of amides is 1. The number of nitriles is 1. The van der Waals surface area contributed by atoms with Gasteiger partial charge in [0, 0.05) is 24.3 Å². The predicted octanol–water partition coefficient (Wildman–Crippen LogP) is 1.80. The molecule has 23 heavy (non-hydrogen) atoms. The van der Waals surface area contributed by atoms with Gasteiger partial charge in [0.05, 0.1) is 11.6 Å². The summed E-state index contributed by atoms with van der Waals surface area (Å²) in [6.45, 7) is 3.01. The number of likely N-dealkylation sites (tertiary alicyclic amines) is 1. The van der Waals surface area contributed by atoms with E-state index in [0.29, 0.717) is 18.8 Å². The lowest BCUT2D eigenvalue weighted by atomic mass is 10.1. The van der Waals surface area contributed by atoms with Gasteiger partial charge in [0.1, 0.15) is 17.9 Å². The molecule has 0 bridgehead atoms. The SMILES string of the molecule is Cc1nc(C(=O)N2CCC[C@H](Oc3nccnc3C#N)C2)cs1. The van der Waals surface area contributed by atoms with Gasteiger partial charge in [-0.15, -0.1) is 11.3 Å². The molecular formula is C15H15N5O2S. The van der Waals surface area contributed by atoms with Gasteiger partial charge in [-0.1, -0.05) is 0 Å². The number of carbonyl (C=O) groups is 1. The number of nitrogens with zero attached hydrogens (tertiary/aromatic N) is 5. The number of hydrogen-bond donors (Lipinski definition) is 0. The topological polar surface area (TPSA) is 92.0 Å². The van der Waals surface area contributed by atoms with Crippen LogP contribution in [0.3, 0.4) is 0 Å². The largest absolute Gasteiger partial charge is 0.470 e. The lowest BCUT2D eigenvalue weighted by molar-refractivity contribution is 0.0521. The van der Waals surface area contributed by atoms with Gasteiger partial charge in [0.2, 0.25) is 5.69 Å². The highest BCUT2D eigenvalue weighted by Crippen LogP contribution is 2.20. The molecule has 1 fully saturated rings. The Morgan fingerprint density at radius 3 is 3.04 bits per heavy atom. The standard InChI is InChI=1S/C15H15N5O2S/c1-10-19-13(9-23-10)15(21)20-6-2-3-11(8-20)22-14-12(7-16)17-4-5-18-14/h4-5,9,11H,2-3,6,8H2,1H3/t11-/m0/s1. The summed E-state index contributed by atoms with van der Waals surface area (Å²) in [5.74, 6) is 0.140. The average molecular weight is 329 g/mol. The van der Waals surface area contributed by atoms with E-state index < -0.39 is 0 Å². The van der Waals surface area contributed by atoms with Crippen molar-refractivity contribution in [2.45, 2.75) is 25.9 Å². The van der Waals surface area contributed by atoms with Crippen LogP contribution in [-0.2, 0) is 0 Å². The smallest absolute Gasteiger partial charge is 0.273 e. The van der Waals surface area contributed by atoms with Crippen molar-refractivity contribution in [1.82, 2.24) is 19.9 Å². The Hall–Kier alpha value is -2.53. The van der Waals surface area contributed by atoms with E-state index in [-0.39, 0.29) is 23.6 Å². The van der Waals surface area contributed by atoms with Gasteiger partial charge >= 0.3 is 0 Å². The van der Waals surface area contributed by atoms with Crippen molar-refractivity contribution in [3.63, 3.8) is 0 Å². The van der Waals surface area contributed by atoms with Gasteiger partial charge in [0.25, 0.3) is 11.8 Å². The fraction of sp³-hybridized carbons (Fsp3) is 0.400. The lowest BCUT2D eigenvalue weighted by Crippen LogP contribution is -2.44. The van der Waals surface area contributed by atoms with Crippen LogP contribution in [0.1, 0.15) is 34.0 Å². The molecule has 0 N–H and O–H groups in total. The first-order valence-electron chi connectivity index (χ1n) is 7.26. The van der Waals surface area contributed by atoms with E-state index >= 15 is 0 Å². The van der Waals surface area contributed by atoms with Crippen LogP contribution in [-0.4, -0.2) is 45.0 Å². The van der Waals surface area contributed by atoms with Crippen LogP contribution in [0, 0.1) is 18.3 Å². The molecule has 1 atom stereocenters. The summed E-state index contributed by atoms with van der Waals surface area (Å²) in [4.78, 5) is 26.4. The number of thiazole rings is 1. The van der Waals surface area contributed by atoms with Crippen LogP contribution in [0.5, 0.6) is 5.88 Å². The van der Waals surface area contributed by atoms with Crippen LogP contribution in [0.2, 0.25) is 0 Å². The van der Waals surface area contributed by atoms with Crippen LogP contribution < -0.4 is 4.74 Å². The molecule has 0 aromatic carbocycles. The zero-order chi connectivity index (χ0) is 16.2. The summed E-state index contributed by atoms with van der Waals surface area (Å²) in [6.07, 6.45) is 4.38. The van der Waals surface area contributed by atoms with Crippen LogP contribution >= 0.6 is 11.3 Å². The quantitative estimate of drug-likeness (QED) is 0.852. The first-order valence-corrected chi connectivity index (χ1v) is 8.14. The van der Waals surface area contributed by atoms with Crippen molar-refractivity contribution < 1.29 is 9.53 Å². The molecule has 0 radical (unpaired) electrons. The molecule has 0 spiro atoms. The van der Waals surface area contributed by atoms with Crippen molar-refractivity contribution in [2.75, 3.05) is 13.1 Å². The molecule has 1 saturated heterocycles. The summed E-state index contributed by atoms with van der Waals surface area (Å²) in [5.41, 5.74) is 0.636. The second-order valence-corrected chi connectivity index (χ2v) is 6.27. The molecule has 2 aromatic rings. The molecule has 1 amide bonds. The Labute approximate surface area is 137 Å². The summed E-state index contributed by atoms with van der Waals surface area (Å²) in [7, 11) is 0. The fourth-order valence-corrected chi connectivity index (χ4v) is 3.08. The molecular weight excluding hydrogens is 314 g/mol. The third-order valence-electron chi connectivity index (χ3n) is 3.55. The monoisotopic (exact) mass is 329 g/mol. The van der Waals surface area contributed by atoms with Gasteiger partial charge in [-0.05, 0) is 19.8 Å². The molecule has 7 nitrogen and oxygen atoms in total. The normalized spacial score (nSPS) is 17.6. The number of ether oxygens (including phenoxy) is 1. The number of carbonyl (C=O) groups excluding carboxylic acids is 1. The predicted molar refractivity (Wildman–Crippen MR) is 83.2 cm³/mol. The van der Waals surface area contributed by atoms with Crippen molar-refractivity contribution in [2.24, 2.45) is 0 Å². The Morgan fingerprint density at radius 1 is 1.48 bits per heavy atom. The number of piperidine rings is 1. The number of hydrogen-bond acceptors (Lipinski definition) is 7. The summed E-state index contributed by atoms with van der Waals surface area (Å²) in [5, 5.41) is 11.7. The fourth-order valence-electron chi connectivity index (χ4n) is 2.49. The number of aromatic nitrogens is 3. The molecule has 3 rings (SSSR count). The van der Waals surface area contributed by atoms with Gasteiger partial charge in [-0.2, -0.15) is 5.26 Å². The molecule has 0 unspecified atom stereocenters. The maximum absolute atomic E-state index is 12.5. The number of rotatable bonds is 3. The Balaban J connectivity index is 1.69. The lowest BCUT2D eigenvalue weighted by Gasteiger charge is -2.32. The first kappa shape index (κ1) is 15.4. The van der Waals surface area contributed by atoms with Crippen LogP contribution in [0.25, 0.3) is 0 Å². The Morgan fingerprint density at radius 2 is 2.30 bits per heavy atom. The minimum Gasteiger partial charge on any atom is -0.470 e. The van der Waals surface area contributed by atoms with Crippen LogP contribution in [0.4, 0.5) is 0 Å². The summed E-state index contributed by atoms with van der Waals surface area (Å²) < 4.78 is 5.79. The van der Waals surface area contributed by atoms with Crippen LogP contribution in [0.15, 0.2) is 17.8 Å². The van der Waals surface area contributed by atoms with Gasteiger partial charge in [-0.25, -0.2) is 15.0 Å². The second kappa shape index (κ2) is 6.71. The van der Waals surface area contributed by atoms with E-state index in [1.807, 2.05) is 13.0 Å². The van der Waals surface area contributed by atoms with Crippen molar-refractivity contribution >= 4 is 17.2 Å². The first-order chi connectivity index (χ1) is 11.2. The zero-order valence-corrected chi connectivity index (χ0v) is 13.4. The third-order valence-corrected chi connectivity index (χ3v) is 4.33. The highest BCUT2D eigenvalue weighted by Gasteiger charge is 2.27. The molecule has 1 aliphatic heterocycles. The van der Waals surface area contributed by atoms with Gasteiger partial charge < -0.3 is 9.64 Å². The summed E-state index contributed by atoms with van der Waals surface area (Å²) in [6, 6.07) is 1.96. The third kappa shape index (κ3) is 3.46. The highest BCUT2D eigenvalue weighted by atomic mass is 32.1. The molecule has 2 aromatic heterocycles. The second-order valence-electron chi connectivity index (χ2n) is 5.21. The minimum atomic E-state index is -0.198. The van der Waals surface area contributed by atoms with Gasteiger partial charge in [-0.3, -0.25) is 4.79 Å².